The summed E-state index contributed by atoms with van der Waals surface area (Å²) in [4.78, 5) is 31.9. The molecule has 2 aromatic carbocycles. The van der Waals surface area contributed by atoms with E-state index in [9.17, 15) is 14.7 Å². The second-order valence-corrected chi connectivity index (χ2v) is 7.99. The van der Waals surface area contributed by atoms with Gasteiger partial charge >= 0.3 is 18.0 Å². The van der Waals surface area contributed by atoms with Crippen molar-refractivity contribution in [1.82, 2.24) is 9.97 Å². The Morgan fingerprint density at radius 1 is 1.03 bits per heavy atom. The van der Waals surface area contributed by atoms with Crippen molar-refractivity contribution in [2.24, 2.45) is 5.41 Å². The van der Waals surface area contributed by atoms with Crippen molar-refractivity contribution in [2.45, 2.75) is 19.8 Å². The molecule has 0 aliphatic heterocycles. The van der Waals surface area contributed by atoms with Crippen LogP contribution in [0.5, 0.6) is 11.8 Å². The fourth-order valence-corrected chi connectivity index (χ4v) is 3.26. The Bertz CT molecular complexity index is 1160. The van der Waals surface area contributed by atoms with Gasteiger partial charge in [-0.1, -0.05) is 18.2 Å². The van der Waals surface area contributed by atoms with Gasteiger partial charge in [0.25, 0.3) is 0 Å². The number of carboxylic acid groups (broad SMARTS) is 1. The molecule has 0 spiro atoms. The molecule has 3 aromatic rings. The Hall–Kier alpha value is -4.14. The van der Waals surface area contributed by atoms with E-state index >= 15 is 0 Å². The molecule has 1 aliphatic rings. The Kier molecular flexibility index (Phi) is 6.12. The van der Waals surface area contributed by atoms with E-state index < -0.39 is 11.4 Å². The SMILES string of the molecule is COc1ccc(C)cc1NC(=O)Nc1ccc(-c2cnc(OCC3(C(=O)O)CC3)nc2)cc1. The number of methoxy groups -OCH3 is 1. The molecule has 4 rings (SSSR count). The van der Waals surface area contributed by atoms with Gasteiger partial charge in [0, 0.05) is 23.6 Å². The minimum Gasteiger partial charge on any atom is -0.495 e. The molecule has 9 nitrogen and oxygen atoms in total. The standard InChI is InChI=1S/C24H24N4O5/c1-15-3-8-20(32-2)19(11-15)28-22(31)27-18-6-4-16(5-7-18)17-12-25-23(26-13-17)33-14-24(9-10-24)21(29)30/h3-8,11-13H,9-10,14H2,1-2H3,(H,29,30)(H2,27,28,31). The van der Waals surface area contributed by atoms with Crippen molar-refractivity contribution >= 4 is 23.4 Å². The van der Waals surface area contributed by atoms with Crippen LogP contribution < -0.4 is 20.1 Å². The van der Waals surface area contributed by atoms with Gasteiger partial charge in [-0.3, -0.25) is 4.79 Å². The lowest BCUT2D eigenvalue weighted by Crippen LogP contribution is -2.23. The average Bonchev–Trinajstić information content (AvgIpc) is 3.60. The molecular weight excluding hydrogens is 424 g/mol. The summed E-state index contributed by atoms with van der Waals surface area (Å²) in [6, 6.07) is 12.5. The second-order valence-electron chi connectivity index (χ2n) is 7.99. The van der Waals surface area contributed by atoms with Crippen molar-refractivity contribution in [2.75, 3.05) is 24.4 Å². The van der Waals surface area contributed by atoms with Crippen LogP contribution >= 0.6 is 0 Å². The molecule has 0 unspecified atom stereocenters. The summed E-state index contributed by atoms with van der Waals surface area (Å²) in [6.45, 7) is 2.00. The summed E-state index contributed by atoms with van der Waals surface area (Å²) < 4.78 is 10.7. The summed E-state index contributed by atoms with van der Waals surface area (Å²) >= 11 is 0. The zero-order chi connectivity index (χ0) is 23.4. The minimum absolute atomic E-state index is 0.0680. The lowest BCUT2D eigenvalue weighted by atomic mass is 10.1. The number of hydrogen-bond acceptors (Lipinski definition) is 6. The minimum atomic E-state index is -0.848. The number of nitrogens with one attached hydrogen (secondary N) is 2. The van der Waals surface area contributed by atoms with Crippen LogP contribution in [-0.2, 0) is 4.79 Å². The molecule has 170 valence electrons. The number of amides is 2. The molecule has 9 heteroatoms. The van der Waals surface area contributed by atoms with Crippen LogP contribution in [0.3, 0.4) is 0 Å². The highest BCUT2D eigenvalue weighted by atomic mass is 16.5. The Morgan fingerprint density at radius 3 is 2.33 bits per heavy atom. The molecule has 0 bridgehead atoms. The lowest BCUT2D eigenvalue weighted by molar-refractivity contribution is -0.144. The summed E-state index contributed by atoms with van der Waals surface area (Å²) in [7, 11) is 1.55. The Balaban J connectivity index is 1.35. The van der Waals surface area contributed by atoms with E-state index in [4.69, 9.17) is 9.47 Å². The van der Waals surface area contributed by atoms with Crippen LogP contribution in [0.1, 0.15) is 18.4 Å². The van der Waals surface area contributed by atoms with Gasteiger partial charge in [0.1, 0.15) is 17.8 Å². The molecule has 1 aromatic heterocycles. The van der Waals surface area contributed by atoms with Crippen LogP contribution in [0.25, 0.3) is 11.1 Å². The summed E-state index contributed by atoms with van der Waals surface area (Å²) in [5.74, 6) is -0.270. The average molecular weight is 448 g/mol. The van der Waals surface area contributed by atoms with Crippen molar-refractivity contribution in [3.8, 4) is 22.9 Å². The Morgan fingerprint density at radius 2 is 1.73 bits per heavy atom. The van der Waals surface area contributed by atoms with E-state index in [0.717, 1.165) is 16.7 Å². The van der Waals surface area contributed by atoms with E-state index in [-0.39, 0.29) is 18.6 Å². The Labute approximate surface area is 190 Å². The number of hydrogen-bond donors (Lipinski definition) is 3. The van der Waals surface area contributed by atoms with Crippen molar-refractivity contribution < 1.29 is 24.2 Å². The van der Waals surface area contributed by atoms with Crippen LogP contribution in [-0.4, -0.2) is 40.8 Å². The van der Waals surface area contributed by atoms with Gasteiger partial charge in [-0.25, -0.2) is 14.8 Å². The second kappa shape index (κ2) is 9.15. The molecule has 1 aliphatic carbocycles. The third-order valence-electron chi connectivity index (χ3n) is 5.49. The predicted octanol–water partition coefficient (Wildman–Crippen LogP) is 4.35. The first-order valence-electron chi connectivity index (χ1n) is 10.4. The molecule has 0 saturated heterocycles. The van der Waals surface area contributed by atoms with Crippen LogP contribution in [0.4, 0.5) is 16.2 Å². The van der Waals surface area contributed by atoms with E-state index in [2.05, 4.69) is 20.6 Å². The molecule has 33 heavy (non-hydrogen) atoms. The van der Waals surface area contributed by atoms with Gasteiger partial charge in [-0.2, -0.15) is 0 Å². The molecule has 0 radical (unpaired) electrons. The largest absolute Gasteiger partial charge is 0.495 e. The number of rotatable bonds is 8. The molecule has 0 atom stereocenters. The van der Waals surface area contributed by atoms with E-state index in [1.54, 1.807) is 37.7 Å². The van der Waals surface area contributed by atoms with Crippen molar-refractivity contribution in [3.05, 3.63) is 60.4 Å². The number of aromatic nitrogens is 2. The number of benzene rings is 2. The zero-order valence-corrected chi connectivity index (χ0v) is 18.3. The van der Waals surface area contributed by atoms with Crippen molar-refractivity contribution in [3.63, 3.8) is 0 Å². The maximum Gasteiger partial charge on any atom is 0.323 e. The van der Waals surface area contributed by atoms with Gasteiger partial charge in [0.05, 0.1) is 12.8 Å². The zero-order valence-electron chi connectivity index (χ0n) is 18.3. The number of nitrogens with zero attached hydrogens (tertiary/aromatic N) is 2. The number of ether oxygens (including phenoxy) is 2. The fourth-order valence-electron chi connectivity index (χ4n) is 3.26. The highest BCUT2D eigenvalue weighted by Crippen LogP contribution is 2.45. The molecule has 1 saturated carbocycles. The summed E-state index contributed by atoms with van der Waals surface area (Å²) in [5, 5.41) is 14.8. The lowest BCUT2D eigenvalue weighted by Gasteiger charge is -2.12. The first kappa shape index (κ1) is 22.1. The highest BCUT2D eigenvalue weighted by Gasteiger charge is 2.51. The molecular formula is C24H24N4O5. The molecule has 3 N–H and O–H groups in total. The van der Waals surface area contributed by atoms with Crippen LogP contribution in [0.15, 0.2) is 54.9 Å². The van der Waals surface area contributed by atoms with E-state index in [1.807, 2.05) is 31.2 Å². The number of anilines is 2. The first-order chi connectivity index (χ1) is 15.9. The van der Waals surface area contributed by atoms with E-state index in [0.29, 0.717) is 30.0 Å². The van der Waals surface area contributed by atoms with Gasteiger partial charge in [0.2, 0.25) is 0 Å². The number of carbonyl (C=O) groups is 2. The van der Waals surface area contributed by atoms with Crippen molar-refractivity contribution in [1.29, 1.82) is 0 Å². The maximum atomic E-state index is 12.4. The number of carboxylic acids is 1. The number of aliphatic carboxylic acids is 1. The van der Waals surface area contributed by atoms with Gasteiger partial charge < -0.3 is 25.2 Å². The third-order valence-corrected chi connectivity index (χ3v) is 5.49. The van der Waals surface area contributed by atoms with Crippen LogP contribution in [0.2, 0.25) is 0 Å². The van der Waals surface area contributed by atoms with Gasteiger partial charge in [0.15, 0.2) is 0 Å². The number of carbonyl (C=O) groups excluding carboxylic acids is 1. The summed E-state index contributed by atoms with van der Waals surface area (Å²) in [6.07, 6.45) is 4.44. The van der Waals surface area contributed by atoms with Gasteiger partial charge in [-0.05, 0) is 55.2 Å². The topological polar surface area (TPSA) is 123 Å². The normalized spacial score (nSPS) is 13.6. The highest BCUT2D eigenvalue weighted by molar-refractivity contribution is 6.00. The van der Waals surface area contributed by atoms with E-state index in [1.165, 1.54) is 0 Å². The quantitative estimate of drug-likeness (QED) is 0.468. The predicted molar refractivity (Wildman–Crippen MR) is 123 cm³/mol. The number of urea groups is 1. The first-order valence-corrected chi connectivity index (χ1v) is 10.4. The number of aryl methyl sites for hydroxylation is 1. The molecule has 1 heterocycles. The third kappa shape index (κ3) is 5.20. The molecule has 1 fully saturated rings. The fraction of sp³-hybridized carbons (Fsp3) is 0.250. The summed E-state index contributed by atoms with van der Waals surface area (Å²) in [5.41, 5.74) is 3.04. The maximum absolute atomic E-state index is 12.4. The monoisotopic (exact) mass is 448 g/mol. The van der Waals surface area contributed by atoms with Gasteiger partial charge in [-0.15, -0.1) is 0 Å². The smallest absolute Gasteiger partial charge is 0.323 e. The van der Waals surface area contributed by atoms with Crippen LogP contribution in [0, 0.1) is 12.3 Å². The molecule has 2 amide bonds.